The molecule has 0 spiro atoms. The van der Waals surface area contributed by atoms with Crippen molar-refractivity contribution in [1.29, 1.82) is 0 Å². The molecule has 1 atom stereocenters. The Morgan fingerprint density at radius 1 is 1.00 bits per heavy atom. The molecule has 0 aliphatic heterocycles. The predicted molar refractivity (Wildman–Crippen MR) is 128 cm³/mol. The monoisotopic (exact) mass is 476 g/mol. The second-order valence-corrected chi connectivity index (χ2v) is 8.19. The van der Waals surface area contributed by atoms with Crippen molar-refractivity contribution in [2.24, 2.45) is 5.92 Å². The second-order valence-electron chi connectivity index (χ2n) is 8.19. The summed E-state index contributed by atoms with van der Waals surface area (Å²) < 4.78 is 27.1. The van der Waals surface area contributed by atoms with Gasteiger partial charge in [0.05, 0.1) is 0 Å². The Balaban J connectivity index is 1.52. The number of nitrogens with zero attached hydrogens (tertiary/aromatic N) is 1. The van der Waals surface area contributed by atoms with Gasteiger partial charge in [0.15, 0.2) is 17.4 Å². The Hall–Kier alpha value is -4.40. The van der Waals surface area contributed by atoms with Crippen molar-refractivity contribution in [3.8, 4) is 0 Å². The number of benzene rings is 2. The van der Waals surface area contributed by atoms with Crippen LogP contribution in [0.2, 0.25) is 0 Å². The quantitative estimate of drug-likeness (QED) is 0.336. The van der Waals surface area contributed by atoms with Gasteiger partial charge < -0.3 is 16.0 Å². The van der Waals surface area contributed by atoms with E-state index in [0.29, 0.717) is 11.4 Å². The van der Waals surface area contributed by atoms with Gasteiger partial charge in [-0.1, -0.05) is 18.2 Å². The summed E-state index contributed by atoms with van der Waals surface area (Å²) in [7, 11) is 0. The Kier molecular flexibility index (Phi) is 6.96. The number of ketones is 1. The zero-order valence-corrected chi connectivity index (χ0v) is 18.6. The first-order valence-electron chi connectivity index (χ1n) is 10.9. The largest absolute Gasteiger partial charge is 0.383 e. The van der Waals surface area contributed by atoms with E-state index in [2.05, 4.69) is 15.3 Å². The number of halogens is 2. The van der Waals surface area contributed by atoms with E-state index in [1.54, 1.807) is 6.20 Å². The van der Waals surface area contributed by atoms with Gasteiger partial charge >= 0.3 is 0 Å². The van der Waals surface area contributed by atoms with Crippen molar-refractivity contribution in [3.63, 3.8) is 0 Å². The number of anilines is 1. The number of fused-ring (bicyclic) bond motifs is 1. The summed E-state index contributed by atoms with van der Waals surface area (Å²) in [6.07, 6.45) is 2.72. The molecule has 9 heteroatoms. The zero-order valence-electron chi connectivity index (χ0n) is 18.6. The third-order valence-corrected chi connectivity index (χ3v) is 5.70. The number of nitrogens with one attached hydrogen (secondary N) is 2. The SMILES string of the molecule is Nc1nccc2cc(CNC(=O)[C@@H](CC(=O)c3ccc(=O)[nH]c3)Cc3ccc(F)c(F)c3)ccc12. The highest BCUT2D eigenvalue weighted by molar-refractivity contribution is 5.98. The minimum absolute atomic E-state index is 0.0258. The number of hydrogen-bond donors (Lipinski definition) is 3. The van der Waals surface area contributed by atoms with Gasteiger partial charge in [0.2, 0.25) is 11.5 Å². The van der Waals surface area contributed by atoms with Crippen LogP contribution in [0.4, 0.5) is 14.6 Å². The number of pyridine rings is 2. The molecule has 4 N–H and O–H groups in total. The molecule has 2 aromatic heterocycles. The molecule has 1 amide bonds. The van der Waals surface area contributed by atoms with Gasteiger partial charge in [0, 0.05) is 48.3 Å². The fourth-order valence-corrected chi connectivity index (χ4v) is 3.83. The van der Waals surface area contributed by atoms with Gasteiger partial charge in [-0.05, 0) is 53.3 Å². The molecule has 0 fully saturated rings. The number of Topliss-reactive ketones (excluding diaryl/α,β-unsaturated/α-hetero) is 1. The first-order valence-corrected chi connectivity index (χ1v) is 10.9. The van der Waals surface area contributed by atoms with Crippen molar-refractivity contribution in [1.82, 2.24) is 15.3 Å². The van der Waals surface area contributed by atoms with Gasteiger partial charge in [0.25, 0.3) is 0 Å². The lowest BCUT2D eigenvalue weighted by Crippen LogP contribution is -2.33. The number of carbonyl (C=O) groups excluding carboxylic acids is 2. The van der Waals surface area contributed by atoms with Crippen LogP contribution in [-0.2, 0) is 17.8 Å². The molecule has 4 aromatic rings. The smallest absolute Gasteiger partial charge is 0.247 e. The van der Waals surface area contributed by atoms with Crippen molar-refractivity contribution in [2.45, 2.75) is 19.4 Å². The van der Waals surface area contributed by atoms with Crippen molar-refractivity contribution < 1.29 is 18.4 Å². The van der Waals surface area contributed by atoms with Gasteiger partial charge in [-0.2, -0.15) is 0 Å². The molecule has 0 saturated carbocycles. The highest BCUT2D eigenvalue weighted by Crippen LogP contribution is 2.21. The molecule has 0 radical (unpaired) electrons. The van der Waals surface area contributed by atoms with Crippen molar-refractivity contribution >= 4 is 28.3 Å². The summed E-state index contributed by atoms with van der Waals surface area (Å²) in [6, 6.07) is 13.3. The van der Waals surface area contributed by atoms with E-state index in [9.17, 15) is 23.2 Å². The molecule has 0 unspecified atom stereocenters. The summed E-state index contributed by atoms with van der Waals surface area (Å²) in [4.78, 5) is 43.6. The first kappa shape index (κ1) is 23.7. The molecule has 0 aliphatic rings. The Morgan fingerprint density at radius 3 is 2.54 bits per heavy atom. The van der Waals surface area contributed by atoms with E-state index in [4.69, 9.17) is 5.73 Å². The lowest BCUT2D eigenvalue weighted by atomic mass is 9.91. The maximum Gasteiger partial charge on any atom is 0.247 e. The normalized spacial score (nSPS) is 11.8. The topological polar surface area (TPSA) is 118 Å². The zero-order chi connectivity index (χ0) is 24.9. The van der Waals surface area contributed by atoms with E-state index < -0.39 is 23.5 Å². The number of amides is 1. The molecule has 0 aliphatic carbocycles. The lowest BCUT2D eigenvalue weighted by Gasteiger charge is -2.17. The van der Waals surface area contributed by atoms with Crippen LogP contribution in [0.5, 0.6) is 0 Å². The Morgan fingerprint density at radius 2 is 1.80 bits per heavy atom. The minimum atomic E-state index is -1.03. The Bertz CT molecular complexity index is 1450. The molecule has 2 heterocycles. The van der Waals surface area contributed by atoms with Crippen LogP contribution in [0, 0.1) is 17.6 Å². The fourth-order valence-electron chi connectivity index (χ4n) is 3.83. The number of hydrogen-bond acceptors (Lipinski definition) is 5. The molecular weight excluding hydrogens is 454 g/mol. The van der Waals surface area contributed by atoms with Crippen LogP contribution in [0.3, 0.4) is 0 Å². The number of carbonyl (C=O) groups is 2. The molecule has 2 aromatic carbocycles. The van der Waals surface area contributed by atoms with Gasteiger partial charge in [-0.15, -0.1) is 0 Å². The minimum Gasteiger partial charge on any atom is -0.383 e. The average molecular weight is 476 g/mol. The number of aromatic nitrogens is 2. The van der Waals surface area contributed by atoms with E-state index in [1.807, 2.05) is 24.3 Å². The van der Waals surface area contributed by atoms with Crippen LogP contribution in [0.25, 0.3) is 10.8 Å². The van der Waals surface area contributed by atoms with E-state index in [1.165, 1.54) is 24.4 Å². The van der Waals surface area contributed by atoms with Crippen LogP contribution < -0.4 is 16.6 Å². The fraction of sp³-hybridized carbons (Fsp3) is 0.154. The molecule has 178 valence electrons. The molecule has 0 saturated heterocycles. The average Bonchev–Trinajstić information content (AvgIpc) is 2.85. The van der Waals surface area contributed by atoms with Crippen molar-refractivity contribution in [3.05, 3.63) is 106 Å². The third-order valence-electron chi connectivity index (χ3n) is 5.70. The summed E-state index contributed by atoms with van der Waals surface area (Å²) >= 11 is 0. The van der Waals surface area contributed by atoms with E-state index in [-0.39, 0.29) is 36.3 Å². The summed E-state index contributed by atoms with van der Waals surface area (Å²) in [6.45, 7) is 0.193. The van der Waals surface area contributed by atoms with Crippen LogP contribution in [-0.4, -0.2) is 21.7 Å². The summed E-state index contributed by atoms with van der Waals surface area (Å²) in [5.41, 5.74) is 6.97. The molecule has 35 heavy (non-hydrogen) atoms. The standard InChI is InChI=1S/C26H22F2N4O3/c27-21-5-2-15(11-22(21)28)9-19(12-23(33)18-3-6-24(34)31-14-18)26(35)32-13-16-1-4-20-17(10-16)7-8-30-25(20)29/h1-8,10-11,14,19H,9,12-13H2,(H2,29,30)(H,31,34)(H,32,35)/t19-/m1/s1. The van der Waals surface area contributed by atoms with Gasteiger partial charge in [-0.25, -0.2) is 13.8 Å². The van der Waals surface area contributed by atoms with E-state index >= 15 is 0 Å². The van der Waals surface area contributed by atoms with Gasteiger partial charge in [0.1, 0.15) is 5.82 Å². The number of nitrogen functional groups attached to an aromatic ring is 1. The molecular formula is C26H22F2N4O3. The van der Waals surface area contributed by atoms with Crippen LogP contribution >= 0.6 is 0 Å². The van der Waals surface area contributed by atoms with Crippen LogP contribution in [0.15, 0.2) is 71.8 Å². The number of nitrogens with two attached hydrogens (primary N) is 1. The summed E-state index contributed by atoms with van der Waals surface area (Å²) in [5, 5.41) is 4.49. The third kappa shape index (κ3) is 5.75. The molecule has 0 bridgehead atoms. The summed E-state index contributed by atoms with van der Waals surface area (Å²) in [5.74, 6) is -3.24. The maximum absolute atomic E-state index is 13.7. The highest BCUT2D eigenvalue weighted by atomic mass is 19.2. The highest BCUT2D eigenvalue weighted by Gasteiger charge is 2.24. The number of rotatable bonds is 8. The molecule has 7 nitrogen and oxygen atoms in total. The predicted octanol–water partition coefficient (Wildman–Crippen LogP) is 3.53. The van der Waals surface area contributed by atoms with Crippen LogP contribution in [0.1, 0.15) is 27.9 Å². The van der Waals surface area contributed by atoms with Crippen molar-refractivity contribution in [2.75, 3.05) is 5.73 Å². The van der Waals surface area contributed by atoms with Gasteiger partial charge in [-0.3, -0.25) is 14.4 Å². The number of H-pyrrole nitrogens is 1. The first-order chi connectivity index (χ1) is 16.8. The molecule has 4 rings (SSSR count). The number of aromatic amines is 1. The maximum atomic E-state index is 13.7. The van der Waals surface area contributed by atoms with E-state index in [0.717, 1.165) is 28.5 Å². The Labute approximate surface area is 199 Å². The second kappa shape index (κ2) is 10.3. The lowest BCUT2D eigenvalue weighted by molar-refractivity contribution is -0.125.